The molecule has 0 radical (unpaired) electrons. The average molecular weight is 428 g/mol. The Morgan fingerprint density at radius 2 is 1.96 bits per heavy atom. The van der Waals surface area contributed by atoms with Gasteiger partial charge in [0, 0.05) is 22.3 Å². The third-order valence-electron chi connectivity index (χ3n) is 3.62. The molecule has 6 nitrogen and oxygen atoms in total. The highest BCUT2D eigenvalue weighted by Gasteiger charge is 2.14. The first-order valence-electron chi connectivity index (χ1n) is 7.33. The molecule has 1 N–H and O–H groups in total. The summed E-state index contributed by atoms with van der Waals surface area (Å²) >= 11 is 9.56. The van der Waals surface area contributed by atoms with Crippen molar-refractivity contribution < 1.29 is 14.5 Å². The summed E-state index contributed by atoms with van der Waals surface area (Å²) in [7, 11) is 0. The second-order valence-electron chi connectivity index (χ2n) is 5.54. The summed E-state index contributed by atoms with van der Waals surface area (Å²) in [6.45, 7) is 5.09. The molecule has 25 heavy (non-hydrogen) atoms. The standard InChI is InChI=1S/C17H16BrClN2O4/c1-9-4-5-12(7-13(9)21(23)24)20-15(22)8-25-14-6-10(2)17(19)11(3)16(14)18/h4-7H,8H2,1-3H3,(H,20,22). The van der Waals surface area contributed by atoms with Gasteiger partial charge in [0.25, 0.3) is 11.6 Å². The summed E-state index contributed by atoms with van der Waals surface area (Å²) in [5, 5.41) is 14.2. The zero-order valence-electron chi connectivity index (χ0n) is 13.9. The van der Waals surface area contributed by atoms with Crippen LogP contribution < -0.4 is 10.1 Å². The largest absolute Gasteiger partial charge is 0.483 e. The summed E-state index contributed by atoms with van der Waals surface area (Å²) in [4.78, 5) is 22.5. The molecule has 0 fully saturated rings. The molecule has 132 valence electrons. The van der Waals surface area contributed by atoms with Gasteiger partial charge in [-0.2, -0.15) is 0 Å². The monoisotopic (exact) mass is 426 g/mol. The second kappa shape index (κ2) is 7.84. The summed E-state index contributed by atoms with van der Waals surface area (Å²) in [6, 6.07) is 6.24. The topological polar surface area (TPSA) is 81.5 Å². The molecule has 0 aliphatic rings. The van der Waals surface area contributed by atoms with Crippen LogP contribution in [0.3, 0.4) is 0 Å². The molecular formula is C17H16BrClN2O4. The molecule has 0 atom stereocenters. The number of aryl methyl sites for hydroxylation is 2. The SMILES string of the molecule is Cc1ccc(NC(=O)COc2cc(C)c(Cl)c(C)c2Br)cc1[N+](=O)[O-]. The van der Waals surface area contributed by atoms with Crippen LogP contribution in [0.1, 0.15) is 16.7 Å². The van der Waals surface area contributed by atoms with Gasteiger partial charge in [0.05, 0.1) is 9.40 Å². The maximum absolute atomic E-state index is 12.1. The van der Waals surface area contributed by atoms with Crippen LogP contribution >= 0.6 is 27.5 Å². The molecule has 0 spiro atoms. The summed E-state index contributed by atoms with van der Waals surface area (Å²) in [5.74, 6) is 0.0831. The molecule has 2 rings (SSSR count). The van der Waals surface area contributed by atoms with Gasteiger partial charge in [0.1, 0.15) is 5.75 Å². The minimum absolute atomic E-state index is 0.0505. The normalized spacial score (nSPS) is 10.4. The Labute approximate surface area is 158 Å². The summed E-state index contributed by atoms with van der Waals surface area (Å²) in [6.07, 6.45) is 0. The maximum atomic E-state index is 12.1. The highest BCUT2D eigenvalue weighted by atomic mass is 79.9. The Kier molecular flexibility index (Phi) is 6.02. The molecule has 0 unspecified atom stereocenters. The number of carbonyl (C=O) groups is 1. The van der Waals surface area contributed by atoms with E-state index in [2.05, 4.69) is 21.2 Å². The number of carbonyl (C=O) groups excluding carboxylic acids is 1. The van der Waals surface area contributed by atoms with E-state index in [-0.39, 0.29) is 12.3 Å². The molecule has 2 aromatic rings. The van der Waals surface area contributed by atoms with Crippen LogP contribution in [0.2, 0.25) is 5.02 Å². The van der Waals surface area contributed by atoms with Gasteiger partial charge in [-0.3, -0.25) is 14.9 Å². The molecule has 1 amide bonds. The average Bonchev–Trinajstić information content (AvgIpc) is 2.56. The van der Waals surface area contributed by atoms with Crippen molar-refractivity contribution >= 4 is 44.8 Å². The molecule has 2 aromatic carbocycles. The number of nitro benzene ring substituents is 1. The van der Waals surface area contributed by atoms with E-state index in [1.807, 2.05) is 13.8 Å². The number of benzene rings is 2. The van der Waals surface area contributed by atoms with Gasteiger partial charge >= 0.3 is 0 Å². The Bertz CT molecular complexity index is 855. The van der Waals surface area contributed by atoms with Gasteiger partial charge in [-0.1, -0.05) is 17.7 Å². The van der Waals surface area contributed by atoms with Crippen molar-refractivity contribution in [3.8, 4) is 5.75 Å². The molecule has 0 saturated carbocycles. The van der Waals surface area contributed by atoms with Crippen LogP contribution in [0.15, 0.2) is 28.7 Å². The van der Waals surface area contributed by atoms with Crippen molar-refractivity contribution in [2.75, 3.05) is 11.9 Å². The highest BCUT2D eigenvalue weighted by Crippen LogP contribution is 2.35. The zero-order chi connectivity index (χ0) is 18.7. The number of halogens is 2. The van der Waals surface area contributed by atoms with Gasteiger partial charge in [-0.15, -0.1) is 0 Å². The minimum Gasteiger partial charge on any atom is -0.483 e. The van der Waals surface area contributed by atoms with E-state index in [0.29, 0.717) is 26.5 Å². The van der Waals surface area contributed by atoms with Crippen LogP contribution in [0.4, 0.5) is 11.4 Å². The number of rotatable bonds is 5. The van der Waals surface area contributed by atoms with Gasteiger partial charge in [0.15, 0.2) is 6.61 Å². The van der Waals surface area contributed by atoms with E-state index in [0.717, 1.165) is 11.1 Å². The maximum Gasteiger partial charge on any atom is 0.274 e. The molecule has 0 aliphatic carbocycles. The molecular weight excluding hydrogens is 412 g/mol. The number of anilines is 1. The van der Waals surface area contributed by atoms with E-state index < -0.39 is 10.8 Å². The molecule has 0 aromatic heterocycles. The molecule has 0 heterocycles. The number of nitro groups is 1. The van der Waals surface area contributed by atoms with Crippen molar-refractivity contribution in [1.82, 2.24) is 0 Å². The summed E-state index contributed by atoms with van der Waals surface area (Å²) < 4.78 is 6.22. The van der Waals surface area contributed by atoms with Crippen molar-refractivity contribution in [3.63, 3.8) is 0 Å². The lowest BCUT2D eigenvalue weighted by atomic mass is 10.1. The highest BCUT2D eigenvalue weighted by molar-refractivity contribution is 9.10. The number of ether oxygens (including phenoxy) is 1. The lowest BCUT2D eigenvalue weighted by Gasteiger charge is -2.13. The van der Waals surface area contributed by atoms with Gasteiger partial charge in [-0.25, -0.2) is 0 Å². The van der Waals surface area contributed by atoms with E-state index in [1.165, 1.54) is 6.07 Å². The Balaban J connectivity index is 2.07. The smallest absolute Gasteiger partial charge is 0.274 e. The first-order valence-corrected chi connectivity index (χ1v) is 8.50. The lowest BCUT2D eigenvalue weighted by molar-refractivity contribution is -0.385. The van der Waals surface area contributed by atoms with Crippen molar-refractivity contribution in [3.05, 3.63) is 60.6 Å². The summed E-state index contributed by atoms with van der Waals surface area (Å²) in [5.41, 5.74) is 2.48. The first kappa shape index (κ1) is 19.2. The zero-order valence-corrected chi connectivity index (χ0v) is 16.2. The van der Waals surface area contributed by atoms with E-state index in [9.17, 15) is 14.9 Å². The first-order chi connectivity index (χ1) is 11.7. The number of nitrogens with one attached hydrogen (secondary N) is 1. The van der Waals surface area contributed by atoms with E-state index in [1.54, 1.807) is 25.1 Å². The Hall–Kier alpha value is -2.12. The van der Waals surface area contributed by atoms with Crippen LogP contribution in [-0.4, -0.2) is 17.4 Å². The Morgan fingerprint density at radius 3 is 2.60 bits per heavy atom. The minimum atomic E-state index is -0.488. The fourth-order valence-electron chi connectivity index (χ4n) is 2.23. The van der Waals surface area contributed by atoms with Crippen LogP contribution in [0.25, 0.3) is 0 Å². The van der Waals surface area contributed by atoms with Gasteiger partial charge in [-0.05, 0) is 60.0 Å². The molecule has 0 aliphatic heterocycles. The third kappa shape index (κ3) is 4.49. The number of amides is 1. The predicted octanol–water partition coefficient (Wildman–Crippen LogP) is 4.95. The lowest BCUT2D eigenvalue weighted by Crippen LogP contribution is -2.20. The fourth-order valence-corrected chi connectivity index (χ4v) is 2.92. The molecule has 0 saturated heterocycles. The van der Waals surface area contributed by atoms with E-state index in [4.69, 9.17) is 16.3 Å². The number of nitrogens with zero attached hydrogens (tertiary/aromatic N) is 1. The van der Waals surface area contributed by atoms with E-state index >= 15 is 0 Å². The molecule has 8 heteroatoms. The van der Waals surface area contributed by atoms with Crippen LogP contribution in [-0.2, 0) is 4.79 Å². The van der Waals surface area contributed by atoms with Gasteiger partial charge < -0.3 is 10.1 Å². The third-order valence-corrected chi connectivity index (χ3v) is 5.18. The number of hydrogen-bond donors (Lipinski definition) is 1. The Morgan fingerprint density at radius 1 is 1.28 bits per heavy atom. The second-order valence-corrected chi connectivity index (χ2v) is 6.71. The quantitative estimate of drug-likeness (QED) is 0.540. The van der Waals surface area contributed by atoms with Crippen LogP contribution in [0, 0.1) is 30.9 Å². The van der Waals surface area contributed by atoms with Crippen LogP contribution in [0.5, 0.6) is 5.75 Å². The van der Waals surface area contributed by atoms with Gasteiger partial charge in [0.2, 0.25) is 0 Å². The molecule has 0 bridgehead atoms. The predicted molar refractivity (Wildman–Crippen MR) is 101 cm³/mol. The fraction of sp³-hybridized carbons (Fsp3) is 0.235. The van der Waals surface area contributed by atoms with Crippen molar-refractivity contribution in [2.24, 2.45) is 0 Å². The number of hydrogen-bond acceptors (Lipinski definition) is 4. The van der Waals surface area contributed by atoms with Crippen molar-refractivity contribution in [1.29, 1.82) is 0 Å². The van der Waals surface area contributed by atoms with Crippen molar-refractivity contribution in [2.45, 2.75) is 20.8 Å².